The van der Waals surface area contributed by atoms with E-state index >= 15 is 0 Å². The summed E-state index contributed by atoms with van der Waals surface area (Å²) in [4.78, 5) is 80.7. The lowest BCUT2D eigenvalue weighted by molar-refractivity contribution is -0.161. The van der Waals surface area contributed by atoms with Gasteiger partial charge in [-0.05, 0) is 165 Å². The molecule has 18 heteroatoms. The summed E-state index contributed by atoms with van der Waals surface area (Å²) in [6, 6.07) is 29.3. The quantitative estimate of drug-likeness (QED) is 0.0429. The maximum Gasteiger partial charge on any atom is 0.408 e. The third-order valence-corrected chi connectivity index (χ3v) is 19.2. The summed E-state index contributed by atoms with van der Waals surface area (Å²) < 4.78 is 34.4. The number of alkyl carbamates (subject to hydrolysis) is 1. The molecule has 0 radical (unpaired) electrons. The van der Waals surface area contributed by atoms with Gasteiger partial charge in [0, 0.05) is 21.2 Å². The molecule has 5 fully saturated rings. The number of ether oxygens (including phenoxy) is 6. The number of rotatable bonds is 20. The first-order chi connectivity index (χ1) is 41.1. The largest absolute Gasteiger partial charge is 0.458 e. The highest BCUT2D eigenvalue weighted by Gasteiger charge is 2.64. The van der Waals surface area contributed by atoms with E-state index in [9.17, 15) is 28.8 Å². The number of likely N-dealkylation sites (tertiary alicyclic amines) is 2. The summed E-state index contributed by atoms with van der Waals surface area (Å²) in [5, 5.41) is 13.7. The smallest absolute Gasteiger partial charge is 0.408 e. The van der Waals surface area contributed by atoms with E-state index in [0.717, 1.165) is 36.4 Å². The summed E-state index contributed by atoms with van der Waals surface area (Å²) in [5.41, 5.74) is -2.09. The van der Waals surface area contributed by atoms with Crippen LogP contribution in [0.4, 0.5) is 4.79 Å². The van der Waals surface area contributed by atoms with Crippen molar-refractivity contribution < 1.29 is 57.2 Å². The standard InChI is InChI=1S/2C27H36N2O4.C16H31NO4Si/c2*1-6-20-15-27(20,25(31)33-26(2,3)4)28-24(30)23-14-21(16-29(23)5)32-17-19-12-9-11-18-10-7-8-13-22(18)19;1-8-12-11-16(12,13(18)21-15(2,3)4)17-14(19)20-9-10-22(5,6)7/h2*7-13,20-21,23H,6,14-17H2,1-5H3,(H,28,30);12H,8-11H2,1-7H3,(H,17,19)/t20?,21-,23?,27-;20?,21-,23+,27+;/m11./s1. The number of fused-ring (bicyclic) bond motifs is 2. The van der Waals surface area contributed by atoms with Gasteiger partial charge >= 0.3 is 24.0 Å². The number of likely N-dealkylation sites (N-methyl/N-ethyl adjacent to an activating group) is 2. The van der Waals surface area contributed by atoms with Crippen LogP contribution in [-0.2, 0) is 65.6 Å². The molecule has 484 valence electrons. The van der Waals surface area contributed by atoms with Crippen molar-refractivity contribution in [3.05, 3.63) is 96.1 Å². The predicted molar refractivity (Wildman–Crippen MR) is 347 cm³/mol. The molecule has 3 saturated carbocycles. The van der Waals surface area contributed by atoms with E-state index in [-0.39, 0.29) is 71.8 Å². The van der Waals surface area contributed by atoms with Crippen LogP contribution in [-0.4, -0.2) is 145 Å². The maximum atomic E-state index is 13.2. The molecule has 4 aromatic carbocycles. The molecule has 0 aromatic heterocycles. The summed E-state index contributed by atoms with van der Waals surface area (Å²) in [6.45, 7) is 32.2. The molecule has 3 amide bonds. The van der Waals surface area contributed by atoms with E-state index in [1.165, 1.54) is 21.5 Å². The molecule has 3 N–H and O–H groups in total. The summed E-state index contributed by atoms with van der Waals surface area (Å²) in [5.74, 6) is -0.839. The maximum absolute atomic E-state index is 13.2. The number of amides is 3. The van der Waals surface area contributed by atoms with Gasteiger partial charge < -0.3 is 44.4 Å². The number of esters is 3. The Morgan fingerprint density at radius 3 is 1.18 bits per heavy atom. The normalized spacial score (nSPS) is 26.8. The van der Waals surface area contributed by atoms with Crippen molar-refractivity contribution in [3.63, 3.8) is 0 Å². The molecule has 5 aliphatic rings. The van der Waals surface area contributed by atoms with Gasteiger partial charge in [-0.2, -0.15) is 0 Å². The van der Waals surface area contributed by atoms with Crippen LogP contribution < -0.4 is 16.0 Å². The van der Waals surface area contributed by atoms with Crippen LogP contribution in [0, 0.1) is 17.8 Å². The fraction of sp³-hybridized carbons (Fsp3) is 0.629. The molecule has 17 nitrogen and oxygen atoms in total. The Morgan fingerprint density at radius 1 is 0.511 bits per heavy atom. The van der Waals surface area contributed by atoms with Gasteiger partial charge in [0.15, 0.2) is 0 Å². The number of carbonyl (C=O) groups excluding carboxylic acids is 6. The zero-order chi connectivity index (χ0) is 64.8. The number of nitrogens with one attached hydrogen (secondary N) is 3. The van der Waals surface area contributed by atoms with Crippen molar-refractivity contribution in [1.29, 1.82) is 0 Å². The van der Waals surface area contributed by atoms with E-state index in [0.29, 0.717) is 65.0 Å². The Balaban J connectivity index is 0.000000193. The van der Waals surface area contributed by atoms with Crippen molar-refractivity contribution >= 4 is 65.4 Å². The molecule has 2 heterocycles. The number of hydrogen-bond donors (Lipinski definition) is 3. The molecule has 88 heavy (non-hydrogen) atoms. The van der Waals surface area contributed by atoms with E-state index in [2.05, 4.69) is 84.1 Å². The molecule has 2 saturated heterocycles. The van der Waals surface area contributed by atoms with Gasteiger partial charge in [0.25, 0.3) is 0 Å². The minimum Gasteiger partial charge on any atom is -0.458 e. The fourth-order valence-corrected chi connectivity index (χ4v) is 12.9. The monoisotopic (exact) mass is 1230 g/mol. The first-order valence-electron chi connectivity index (χ1n) is 32.0. The van der Waals surface area contributed by atoms with Crippen molar-refractivity contribution in [2.24, 2.45) is 17.8 Å². The molecular formula is C70H103N5O12Si. The third-order valence-electron chi connectivity index (χ3n) is 17.5. The lowest BCUT2D eigenvalue weighted by Crippen LogP contribution is -2.52. The van der Waals surface area contributed by atoms with Gasteiger partial charge in [-0.15, -0.1) is 0 Å². The Hall–Kier alpha value is -5.92. The second kappa shape index (κ2) is 28.1. The molecule has 9 rings (SSSR count). The molecule has 2 aliphatic heterocycles. The second-order valence-corrected chi connectivity index (χ2v) is 35.0. The van der Waals surface area contributed by atoms with Gasteiger partial charge in [-0.25, -0.2) is 19.2 Å². The van der Waals surface area contributed by atoms with Gasteiger partial charge in [0.2, 0.25) is 11.8 Å². The molecule has 0 bridgehead atoms. The summed E-state index contributed by atoms with van der Waals surface area (Å²) in [7, 11) is 2.64. The van der Waals surface area contributed by atoms with E-state index in [1.54, 1.807) is 0 Å². The van der Waals surface area contributed by atoms with Crippen molar-refractivity contribution in [2.45, 2.75) is 231 Å². The highest BCUT2D eigenvalue weighted by Crippen LogP contribution is 2.50. The van der Waals surface area contributed by atoms with Crippen LogP contribution in [0.2, 0.25) is 25.7 Å². The van der Waals surface area contributed by atoms with Crippen molar-refractivity contribution in [3.8, 4) is 0 Å². The molecule has 4 aromatic rings. The Kier molecular flexibility index (Phi) is 22.2. The van der Waals surface area contributed by atoms with E-state index < -0.39 is 47.6 Å². The number of carbonyl (C=O) groups is 6. The first-order valence-corrected chi connectivity index (χ1v) is 35.7. The summed E-state index contributed by atoms with van der Waals surface area (Å²) >= 11 is 0. The first kappa shape index (κ1) is 69.5. The van der Waals surface area contributed by atoms with Gasteiger partial charge in [0.1, 0.15) is 33.4 Å². The third kappa shape index (κ3) is 18.2. The van der Waals surface area contributed by atoms with Crippen molar-refractivity contribution in [1.82, 2.24) is 25.8 Å². The Bertz CT molecular complexity index is 2930. The molecule has 3 aliphatic carbocycles. The predicted octanol–water partition coefficient (Wildman–Crippen LogP) is 11.7. The van der Waals surface area contributed by atoms with E-state index in [1.807, 2.05) is 143 Å². The second-order valence-electron chi connectivity index (χ2n) is 29.4. The number of nitrogens with zero attached hydrogens (tertiary/aromatic N) is 2. The Labute approximate surface area is 524 Å². The minimum atomic E-state index is -1.24. The average Bonchev–Trinajstić information content (AvgIpc) is 2.06. The molecular weight excluding hydrogens is 1130 g/mol. The van der Waals surface area contributed by atoms with Crippen molar-refractivity contribution in [2.75, 3.05) is 33.8 Å². The Morgan fingerprint density at radius 2 is 0.852 bits per heavy atom. The van der Waals surface area contributed by atoms with Crippen LogP contribution >= 0.6 is 0 Å². The number of hydrogen-bond acceptors (Lipinski definition) is 14. The van der Waals surface area contributed by atoms with Gasteiger partial charge in [0.05, 0.1) is 44.1 Å². The SMILES string of the molecule is CCC1CC1(NC(=O)OCC[Si](C)(C)C)C(=O)OC(C)(C)C.CCC1C[C@@]1(NC(=O)[C@@H]1C[C@@H](OCc2cccc3ccccc23)CN1C)C(=O)OC(C)(C)C.CCC1C[C@]1(NC(=O)C1C[C@@H](OCc2cccc3ccccc23)CN1C)C(=O)OC(C)(C)C. The van der Waals surface area contributed by atoms with Crippen LogP contribution in [0.15, 0.2) is 84.9 Å². The van der Waals surface area contributed by atoms with Gasteiger partial charge in [-0.3, -0.25) is 19.4 Å². The van der Waals surface area contributed by atoms with Crippen LogP contribution in [0.25, 0.3) is 21.5 Å². The molecule has 0 spiro atoms. The lowest BCUT2D eigenvalue weighted by Gasteiger charge is -2.27. The zero-order valence-electron chi connectivity index (χ0n) is 55.8. The van der Waals surface area contributed by atoms with Crippen LogP contribution in [0.5, 0.6) is 0 Å². The minimum absolute atomic E-state index is 0.0385. The highest BCUT2D eigenvalue weighted by molar-refractivity contribution is 6.76. The average molecular weight is 1230 g/mol. The van der Waals surface area contributed by atoms with E-state index in [4.69, 9.17) is 28.4 Å². The fourth-order valence-electron chi connectivity index (χ4n) is 12.2. The topological polar surface area (TPSA) is 200 Å². The zero-order valence-corrected chi connectivity index (χ0v) is 56.8. The number of benzene rings is 4. The van der Waals surface area contributed by atoms with Crippen LogP contribution in [0.1, 0.15) is 146 Å². The van der Waals surface area contributed by atoms with Crippen LogP contribution in [0.3, 0.4) is 0 Å². The van der Waals surface area contributed by atoms with Gasteiger partial charge in [-0.1, -0.05) is 145 Å². The molecule has 10 atom stereocenters. The molecule has 5 unspecified atom stereocenters. The highest BCUT2D eigenvalue weighted by atomic mass is 28.3. The summed E-state index contributed by atoms with van der Waals surface area (Å²) in [6.07, 6.45) is 5.02. The lowest BCUT2D eigenvalue weighted by atomic mass is 10.1.